The van der Waals surface area contributed by atoms with Crippen LogP contribution in [0.5, 0.6) is 0 Å². The van der Waals surface area contributed by atoms with Crippen molar-refractivity contribution in [3.63, 3.8) is 0 Å². The number of aromatic carboxylic acids is 1. The van der Waals surface area contributed by atoms with Crippen molar-refractivity contribution < 1.29 is 9.90 Å². The van der Waals surface area contributed by atoms with Gasteiger partial charge in [0.1, 0.15) is 0 Å². The maximum Gasteiger partial charge on any atom is 0.335 e. The minimum atomic E-state index is -0.930. The quantitative estimate of drug-likeness (QED) is 0.705. The van der Waals surface area contributed by atoms with E-state index in [-0.39, 0.29) is 5.56 Å². The van der Waals surface area contributed by atoms with E-state index in [4.69, 9.17) is 10.8 Å². The SMILES string of the molecule is CCN1CCC(CNc2cc(C(=O)O)ccc2N)C1. The fourth-order valence-corrected chi connectivity index (χ4v) is 2.46. The van der Waals surface area contributed by atoms with Crippen molar-refractivity contribution in [2.24, 2.45) is 5.92 Å². The molecular weight excluding hydrogens is 242 g/mol. The minimum absolute atomic E-state index is 0.262. The molecule has 19 heavy (non-hydrogen) atoms. The smallest absolute Gasteiger partial charge is 0.335 e. The Morgan fingerprint density at radius 1 is 1.58 bits per heavy atom. The number of rotatable bonds is 5. The van der Waals surface area contributed by atoms with Crippen molar-refractivity contribution in [2.75, 3.05) is 37.2 Å². The third-order valence-corrected chi connectivity index (χ3v) is 3.70. The van der Waals surface area contributed by atoms with Gasteiger partial charge in [0.05, 0.1) is 16.9 Å². The molecule has 5 nitrogen and oxygen atoms in total. The van der Waals surface area contributed by atoms with Gasteiger partial charge in [-0.1, -0.05) is 6.92 Å². The number of hydrogen-bond donors (Lipinski definition) is 3. The van der Waals surface area contributed by atoms with E-state index in [1.54, 1.807) is 12.1 Å². The highest BCUT2D eigenvalue weighted by molar-refractivity contribution is 5.90. The van der Waals surface area contributed by atoms with Gasteiger partial charge in [0, 0.05) is 13.1 Å². The van der Waals surface area contributed by atoms with Crippen LogP contribution in [0.15, 0.2) is 18.2 Å². The number of hydrogen-bond acceptors (Lipinski definition) is 4. The summed E-state index contributed by atoms with van der Waals surface area (Å²) in [5.41, 5.74) is 7.43. The average molecular weight is 263 g/mol. The number of benzene rings is 1. The van der Waals surface area contributed by atoms with Gasteiger partial charge in [-0.2, -0.15) is 0 Å². The lowest BCUT2D eigenvalue weighted by atomic mass is 10.1. The van der Waals surface area contributed by atoms with Gasteiger partial charge in [-0.3, -0.25) is 0 Å². The zero-order valence-electron chi connectivity index (χ0n) is 11.2. The Bertz CT molecular complexity index is 462. The second-order valence-electron chi connectivity index (χ2n) is 5.04. The Kier molecular flexibility index (Phi) is 4.27. The molecule has 0 amide bonds. The van der Waals surface area contributed by atoms with Crippen LogP contribution in [-0.2, 0) is 0 Å². The summed E-state index contributed by atoms with van der Waals surface area (Å²) in [6.07, 6.45) is 1.18. The lowest BCUT2D eigenvalue weighted by Crippen LogP contribution is -2.22. The maximum atomic E-state index is 10.9. The summed E-state index contributed by atoms with van der Waals surface area (Å²) >= 11 is 0. The molecule has 0 aromatic heterocycles. The molecule has 0 spiro atoms. The second kappa shape index (κ2) is 5.93. The summed E-state index contributed by atoms with van der Waals surface area (Å²) in [4.78, 5) is 13.4. The fourth-order valence-electron chi connectivity index (χ4n) is 2.46. The molecule has 1 aliphatic heterocycles. The van der Waals surface area contributed by atoms with Crippen LogP contribution in [0.4, 0.5) is 11.4 Å². The molecule has 0 aliphatic carbocycles. The normalized spacial score (nSPS) is 19.5. The first kappa shape index (κ1) is 13.7. The summed E-state index contributed by atoms with van der Waals surface area (Å²) in [6.45, 7) is 6.34. The van der Waals surface area contributed by atoms with Crippen LogP contribution in [0.3, 0.4) is 0 Å². The van der Waals surface area contributed by atoms with E-state index >= 15 is 0 Å². The molecule has 1 saturated heterocycles. The molecule has 1 aliphatic rings. The van der Waals surface area contributed by atoms with Crippen LogP contribution in [0, 0.1) is 5.92 Å². The second-order valence-corrected chi connectivity index (χ2v) is 5.04. The molecule has 0 saturated carbocycles. The van der Waals surface area contributed by atoms with Gasteiger partial charge in [0.15, 0.2) is 0 Å². The Hall–Kier alpha value is -1.75. The minimum Gasteiger partial charge on any atom is -0.478 e. The molecule has 1 heterocycles. The van der Waals surface area contributed by atoms with Crippen molar-refractivity contribution >= 4 is 17.3 Å². The van der Waals surface area contributed by atoms with Crippen LogP contribution >= 0.6 is 0 Å². The predicted octanol–water partition coefficient (Wildman–Crippen LogP) is 1.72. The molecule has 1 aromatic rings. The average Bonchev–Trinajstić information content (AvgIpc) is 2.85. The van der Waals surface area contributed by atoms with Crippen LogP contribution in [0.2, 0.25) is 0 Å². The summed E-state index contributed by atoms with van der Waals surface area (Å²) in [5.74, 6) is -0.325. The van der Waals surface area contributed by atoms with Gasteiger partial charge < -0.3 is 21.1 Å². The van der Waals surface area contributed by atoms with Crippen molar-refractivity contribution in [1.29, 1.82) is 0 Å². The van der Waals surface area contributed by atoms with Crippen LogP contribution < -0.4 is 11.1 Å². The van der Waals surface area contributed by atoms with E-state index in [9.17, 15) is 4.79 Å². The van der Waals surface area contributed by atoms with Crippen molar-refractivity contribution in [3.8, 4) is 0 Å². The Labute approximate surface area is 113 Å². The molecule has 0 bridgehead atoms. The Morgan fingerprint density at radius 2 is 2.37 bits per heavy atom. The number of nitrogens with two attached hydrogens (primary N) is 1. The summed E-state index contributed by atoms with van der Waals surface area (Å²) < 4.78 is 0. The van der Waals surface area contributed by atoms with Crippen LogP contribution in [0.25, 0.3) is 0 Å². The molecule has 5 heteroatoms. The number of nitrogen functional groups attached to an aromatic ring is 1. The van der Waals surface area contributed by atoms with E-state index in [0.717, 1.165) is 31.9 Å². The van der Waals surface area contributed by atoms with E-state index in [0.29, 0.717) is 11.6 Å². The molecule has 4 N–H and O–H groups in total. The first-order valence-electron chi connectivity index (χ1n) is 6.69. The molecule has 1 atom stereocenters. The molecule has 1 fully saturated rings. The van der Waals surface area contributed by atoms with E-state index < -0.39 is 5.97 Å². The Balaban J connectivity index is 1.96. The highest BCUT2D eigenvalue weighted by atomic mass is 16.4. The zero-order valence-corrected chi connectivity index (χ0v) is 11.2. The monoisotopic (exact) mass is 263 g/mol. The van der Waals surface area contributed by atoms with Crippen molar-refractivity contribution in [3.05, 3.63) is 23.8 Å². The lowest BCUT2D eigenvalue weighted by Gasteiger charge is -2.15. The molecule has 104 valence electrons. The maximum absolute atomic E-state index is 10.9. The summed E-state index contributed by atoms with van der Waals surface area (Å²) in [5, 5.41) is 12.3. The van der Waals surface area contributed by atoms with Crippen LogP contribution in [0.1, 0.15) is 23.7 Å². The zero-order chi connectivity index (χ0) is 13.8. The summed E-state index contributed by atoms with van der Waals surface area (Å²) in [6, 6.07) is 4.76. The number of likely N-dealkylation sites (tertiary alicyclic amines) is 1. The van der Waals surface area contributed by atoms with Gasteiger partial charge in [-0.05, 0) is 43.6 Å². The highest BCUT2D eigenvalue weighted by Gasteiger charge is 2.20. The standard InChI is InChI=1S/C14H21N3O2/c1-2-17-6-5-10(9-17)8-16-13-7-11(14(18)19)3-4-12(13)15/h3-4,7,10,16H,2,5-6,8-9,15H2,1H3,(H,18,19). The Morgan fingerprint density at radius 3 is 3.00 bits per heavy atom. The van der Waals surface area contributed by atoms with Gasteiger partial charge in [-0.15, -0.1) is 0 Å². The van der Waals surface area contributed by atoms with Gasteiger partial charge in [-0.25, -0.2) is 4.79 Å². The number of carboxylic acid groups (broad SMARTS) is 1. The lowest BCUT2D eigenvalue weighted by molar-refractivity contribution is 0.0697. The fraction of sp³-hybridized carbons (Fsp3) is 0.500. The van der Waals surface area contributed by atoms with Crippen molar-refractivity contribution in [2.45, 2.75) is 13.3 Å². The van der Waals surface area contributed by atoms with Crippen molar-refractivity contribution in [1.82, 2.24) is 4.90 Å². The topological polar surface area (TPSA) is 78.6 Å². The molecule has 1 aromatic carbocycles. The molecule has 2 rings (SSSR count). The number of carboxylic acids is 1. The molecule has 0 radical (unpaired) electrons. The van der Waals surface area contributed by atoms with Crippen LogP contribution in [-0.4, -0.2) is 42.2 Å². The predicted molar refractivity (Wildman–Crippen MR) is 76.5 cm³/mol. The highest BCUT2D eigenvalue weighted by Crippen LogP contribution is 2.22. The number of nitrogens with one attached hydrogen (secondary N) is 1. The number of anilines is 2. The number of nitrogens with zero attached hydrogens (tertiary/aromatic N) is 1. The number of carbonyl (C=O) groups is 1. The van der Waals surface area contributed by atoms with E-state index in [2.05, 4.69) is 17.1 Å². The van der Waals surface area contributed by atoms with E-state index in [1.807, 2.05) is 0 Å². The van der Waals surface area contributed by atoms with Gasteiger partial charge in [0.2, 0.25) is 0 Å². The first-order valence-corrected chi connectivity index (χ1v) is 6.69. The molecule has 1 unspecified atom stereocenters. The third kappa shape index (κ3) is 3.38. The molecular formula is C14H21N3O2. The van der Waals surface area contributed by atoms with Gasteiger partial charge in [0.25, 0.3) is 0 Å². The van der Waals surface area contributed by atoms with E-state index in [1.165, 1.54) is 12.5 Å². The largest absolute Gasteiger partial charge is 0.478 e. The summed E-state index contributed by atoms with van der Waals surface area (Å²) in [7, 11) is 0. The third-order valence-electron chi connectivity index (χ3n) is 3.70. The van der Waals surface area contributed by atoms with Gasteiger partial charge >= 0.3 is 5.97 Å². The first-order chi connectivity index (χ1) is 9.10.